The van der Waals surface area contributed by atoms with E-state index in [1.165, 1.54) is 0 Å². The van der Waals surface area contributed by atoms with Gasteiger partial charge in [0.2, 0.25) is 0 Å². The van der Waals surface area contributed by atoms with Crippen LogP contribution in [0.25, 0.3) is 0 Å². The second-order valence-electron chi connectivity index (χ2n) is 3.68. The zero-order chi connectivity index (χ0) is 12.1. The lowest BCUT2D eigenvalue weighted by atomic mass is 10.2. The predicted molar refractivity (Wildman–Crippen MR) is 75.1 cm³/mol. The van der Waals surface area contributed by atoms with E-state index in [0.29, 0.717) is 17.1 Å². The van der Waals surface area contributed by atoms with Gasteiger partial charge in [-0.25, -0.2) is 0 Å². The van der Waals surface area contributed by atoms with Crippen molar-refractivity contribution in [2.24, 2.45) is 0 Å². The maximum Gasteiger partial charge on any atom is 0.252 e. The molecule has 0 bridgehead atoms. The maximum atomic E-state index is 11.8. The lowest BCUT2D eigenvalue weighted by Crippen LogP contribution is -2.31. The Kier molecular flexibility index (Phi) is 5.51. The maximum absolute atomic E-state index is 11.8. The first-order valence-corrected chi connectivity index (χ1v) is 6.34. The Morgan fingerprint density at radius 3 is 2.81 bits per heavy atom. The molecule has 1 aromatic carbocycles. The summed E-state index contributed by atoms with van der Waals surface area (Å²) in [6.07, 6.45) is 0. The molecule has 0 fully saturated rings. The summed E-state index contributed by atoms with van der Waals surface area (Å²) in [6, 6.07) is 5.40. The van der Waals surface area contributed by atoms with Crippen molar-refractivity contribution in [2.75, 3.05) is 27.2 Å². The number of hydrogen-bond acceptors (Lipinski definition) is 2. The van der Waals surface area contributed by atoms with Crippen LogP contribution in [-0.2, 0) is 0 Å². The predicted octanol–water partition coefficient (Wildman–Crippen LogP) is 2.24. The summed E-state index contributed by atoms with van der Waals surface area (Å²) < 4.78 is 1.000. The van der Waals surface area contributed by atoms with Crippen LogP contribution < -0.4 is 5.32 Å². The van der Waals surface area contributed by atoms with Crippen LogP contribution >= 0.6 is 34.2 Å². The number of hydrogen-bond donors (Lipinski definition) is 1. The molecule has 0 atom stereocenters. The third-order valence-corrected chi connectivity index (χ3v) is 3.02. The summed E-state index contributed by atoms with van der Waals surface area (Å²) in [6.45, 7) is 1.43. The highest BCUT2D eigenvalue weighted by molar-refractivity contribution is 14.1. The summed E-state index contributed by atoms with van der Waals surface area (Å²) >= 11 is 8.11. The molecule has 0 heterocycles. The summed E-state index contributed by atoms with van der Waals surface area (Å²) in [4.78, 5) is 13.8. The van der Waals surface area contributed by atoms with Gasteiger partial charge in [0.25, 0.3) is 5.91 Å². The van der Waals surface area contributed by atoms with E-state index in [1.54, 1.807) is 12.1 Å². The number of rotatable bonds is 4. The van der Waals surface area contributed by atoms with Gasteiger partial charge < -0.3 is 10.2 Å². The Balaban J connectivity index is 2.62. The van der Waals surface area contributed by atoms with E-state index in [9.17, 15) is 4.79 Å². The number of nitrogens with one attached hydrogen (secondary N) is 1. The van der Waals surface area contributed by atoms with E-state index in [2.05, 4.69) is 27.9 Å². The monoisotopic (exact) mass is 352 g/mol. The van der Waals surface area contributed by atoms with E-state index < -0.39 is 0 Å². The Labute approximate surface area is 114 Å². The van der Waals surface area contributed by atoms with Crippen LogP contribution in [0.15, 0.2) is 18.2 Å². The molecule has 0 saturated heterocycles. The van der Waals surface area contributed by atoms with Gasteiger partial charge in [-0.1, -0.05) is 11.6 Å². The average Bonchev–Trinajstić information content (AvgIpc) is 2.21. The van der Waals surface area contributed by atoms with Crippen molar-refractivity contribution in [3.05, 3.63) is 32.4 Å². The molecule has 5 heteroatoms. The van der Waals surface area contributed by atoms with E-state index in [0.717, 1.165) is 10.1 Å². The topological polar surface area (TPSA) is 32.3 Å². The van der Waals surface area contributed by atoms with Crippen molar-refractivity contribution < 1.29 is 4.79 Å². The molecular formula is C11H14ClIN2O. The van der Waals surface area contributed by atoms with Gasteiger partial charge in [0.1, 0.15) is 0 Å². The highest BCUT2D eigenvalue weighted by atomic mass is 127. The summed E-state index contributed by atoms with van der Waals surface area (Å²) in [5.41, 5.74) is 0.535. The molecule has 0 radical (unpaired) electrons. The largest absolute Gasteiger partial charge is 0.351 e. The van der Waals surface area contributed by atoms with E-state index in [4.69, 9.17) is 11.6 Å². The number of likely N-dealkylation sites (N-methyl/N-ethyl adjacent to an activating group) is 1. The summed E-state index contributed by atoms with van der Waals surface area (Å²) in [5, 5.41) is 3.32. The van der Waals surface area contributed by atoms with Crippen LogP contribution in [-0.4, -0.2) is 38.0 Å². The van der Waals surface area contributed by atoms with Crippen LogP contribution in [0.3, 0.4) is 0 Å². The second kappa shape index (κ2) is 6.42. The highest BCUT2D eigenvalue weighted by Gasteiger charge is 2.09. The molecule has 88 valence electrons. The standard InChI is InChI=1S/C11H14ClIN2O/c1-15(2)6-5-14-11(16)9-7-8(13)3-4-10(9)12/h3-4,7H,5-6H2,1-2H3,(H,14,16). The van der Waals surface area contributed by atoms with Crippen LogP contribution in [0.1, 0.15) is 10.4 Å². The minimum absolute atomic E-state index is 0.120. The molecule has 16 heavy (non-hydrogen) atoms. The number of benzene rings is 1. The fourth-order valence-electron chi connectivity index (χ4n) is 1.16. The Morgan fingerprint density at radius 2 is 2.19 bits per heavy atom. The third kappa shape index (κ3) is 4.27. The smallest absolute Gasteiger partial charge is 0.252 e. The molecule has 0 aliphatic heterocycles. The van der Waals surface area contributed by atoms with Crippen molar-refractivity contribution >= 4 is 40.1 Å². The SMILES string of the molecule is CN(C)CCNC(=O)c1cc(I)ccc1Cl. The molecule has 0 aliphatic rings. The zero-order valence-electron chi connectivity index (χ0n) is 9.26. The lowest BCUT2D eigenvalue weighted by molar-refractivity contribution is 0.0951. The molecular weight excluding hydrogens is 338 g/mol. The van der Waals surface area contributed by atoms with E-state index >= 15 is 0 Å². The van der Waals surface area contributed by atoms with E-state index in [-0.39, 0.29) is 5.91 Å². The molecule has 1 amide bonds. The Hall–Kier alpha value is -0.330. The average molecular weight is 353 g/mol. The van der Waals surface area contributed by atoms with Gasteiger partial charge in [-0.05, 0) is 54.9 Å². The van der Waals surface area contributed by atoms with Gasteiger partial charge in [0.15, 0.2) is 0 Å². The Morgan fingerprint density at radius 1 is 1.50 bits per heavy atom. The first-order valence-electron chi connectivity index (χ1n) is 4.88. The van der Waals surface area contributed by atoms with Gasteiger partial charge in [0.05, 0.1) is 10.6 Å². The molecule has 1 N–H and O–H groups in total. The molecule has 0 aromatic heterocycles. The molecule has 1 rings (SSSR count). The van der Waals surface area contributed by atoms with Gasteiger partial charge in [-0.2, -0.15) is 0 Å². The fourth-order valence-corrected chi connectivity index (χ4v) is 1.85. The lowest BCUT2D eigenvalue weighted by Gasteiger charge is -2.11. The number of carbonyl (C=O) groups excluding carboxylic acids is 1. The van der Waals surface area contributed by atoms with Gasteiger partial charge in [-0.3, -0.25) is 4.79 Å². The van der Waals surface area contributed by atoms with Gasteiger partial charge in [-0.15, -0.1) is 0 Å². The highest BCUT2D eigenvalue weighted by Crippen LogP contribution is 2.18. The molecule has 1 aromatic rings. The van der Waals surface area contributed by atoms with Crippen molar-refractivity contribution in [3.63, 3.8) is 0 Å². The third-order valence-electron chi connectivity index (χ3n) is 2.02. The van der Waals surface area contributed by atoms with Crippen molar-refractivity contribution in [2.45, 2.75) is 0 Å². The number of amides is 1. The number of nitrogens with zero attached hydrogens (tertiary/aromatic N) is 1. The molecule has 0 saturated carbocycles. The van der Waals surface area contributed by atoms with Crippen molar-refractivity contribution in [1.29, 1.82) is 0 Å². The van der Waals surface area contributed by atoms with Gasteiger partial charge in [0, 0.05) is 16.7 Å². The second-order valence-corrected chi connectivity index (χ2v) is 5.34. The first-order chi connectivity index (χ1) is 7.50. The molecule has 3 nitrogen and oxygen atoms in total. The molecule has 0 unspecified atom stereocenters. The first kappa shape index (κ1) is 13.7. The van der Waals surface area contributed by atoms with E-state index in [1.807, 2.05) is 25.1 Å². The summed E-state index contributed by atoms with van der Waals surface area (Å²) in [7, 11) is 3.93. The minimum atomic E-state index is -0.120. The quantitative estimate of drug-likeness (QED) is 0.843. The number of halogens is 2. The fraction of sp³-hybridized carbons (Fsp3) is 0.364. The van der Waals surface area contributed by atoms with Gasteiger partial charge >= 0.3 is 0 Å². The normalized spacial score (nSPS) is 10.6. The van der Waals surface area contributed by atoms with Crippen LogP contribution in [0.4, 0.5) is 0 Å². The number of carbonyl (C=O) groups is 1. The van der Waals surface area contributed by atoms with Crippen molar-refractivity contribution in [3.8, 4) is 0 Å². The van der Waals surface area contributed by atoms with Crippen molar-refractivity contribution in [1.82, 2.24) is 10.2 Å². The van der Waals surface area contributed by atoms with Crippen LogP contribution in [0, 0.1) is 3.57 Å². The zero-order valence-corrected chi connectivity index (χ0v) is 12.2. The Bertz CT molecular complexity index is 382. The minimum Gasteiger partial charge on any atom is -0.351 e. The van der Waals surface area contributed by atoms with Crippen LogP contribution in [0.2, 0.25) is 5.02 Å². The van der Waals surface area contributed by atoms with Crippen LogP contribution in [0.5, 0.6) is 0 Å². The molecule has 0 aliphatic carbocycles. The molecule has 0 spiro atoms. The summed E-state index contributed by atoms with van der Waals surface area (Å²) in [5.74, 6) is -0.120.